The van der Waals surface area contributed by atoms with Crippen LogP contribution in [0.2, 0.25) is 10.0 Å². The maximum Gasteiger partial charge on any atom is 0.128 e. The van der Waals surface area contributed by atoms with Crippen LogP contribution in [0.1, 0.15) is 0 Å². The van der Waals surface area contributed by atoms with E-state index in [0.29, 0.717) is 26.9 Å². The van der Waals surface area contributed by atoms with Crippen molar-refractivity contribution in [3.63, 3.8) is 0 Å². The molecular formula is C13H9Cl2O2. The van der Waals surface area contributed by atoms with Crippen LogP contribution in [0.25, 0.3) is 11.1 Å². The Balaban J connectivity index is 2.67. The number of hydrogen-bond acceptors (Lipinski definition) is 2. The maximum atomic E-state index is 9.32. The van der Waals surface area contributed by atoms with E-state index in [2.05, 4.69) is 6.07 Å². The third kappa shape index (κ3) is 2.33. The highest BCUT2D eigenvalue weighted by atomic mass is 35.5. The number of aromatic hydroxyl groups is 1. The van der Waals surface area contributed by atoms with E-state index in [4.69, 9.17) is 27.9 Å². The van der Waals surface area contributed by atoms with Gasteiger partial charge in [-0.15, -0.1) is 0 Å². The summed E-state index contributed by atoms with van der Waals surface area (Å²) in [7, 11) is 1.56. The fourth-order valence-corrected chi connectivity index (χ4v) is 2.11. The Morgan fingerprint density at radius 3 is 2.65 bits per heavy atom. The molecule has 0 aliphatic rings. The van der Waals surface area contributed by atoms with Gasteiger partial charge < -0.3 is 9.84 Å². The van der Waals surface area contributed by atoms with Gasteiger partial charge in [0.05, 0.1) is 17.2 Å². The predicted octanol–water partition coefficient (Wildman–Crippen LogP) is 4.17. The lowest BCUT2D eigenvalue weighted by Crippen LogP contribution is -1.89. The zero-order valence-corrected chi connectivity index (χ0v) is 10.5. The van der Waals surface area contributed by atoms with Gasteiger partial charge in [-0.3, -0.25) is 0 Å². The second-order valence-corrected chi connectivity index (χ2v) is 4.18. The van der Waals surface area contributed by atoms with Crippen molar-refractivity contribution in [3.05, 3.63) is 46.4 Å². The van der Waals surface area contributed by atoms with E-state index in [1.807, 2.05) is 0 Å². The van der Waals surface area contributed by atoms with Crippen LogP contribution in [0, 0.1) is 6.07 Å². The summed E-state index contributed by atoms with van der Waals surface area (Å²) in [5.41, 5.74) is 1.37. The average molecular weight is 268 g/mol. The minimum atomic E-state index is 0.105. The largest absolute Gasteiger partial charge is 0.508 e. The van der Waals surface area contributed by atoms with Gasteiger partial charge in [0.2, 0.25) is 0 Å². The third-order valence-electron chi connectivity index (χ3n) is 2.35. The summed E-state index contributed by atoms with van der Waals surface area (Å²) >= 11 is 12.2. The number of rotatable bonds is 2. The fraction of sp³-hybridized carbons (Fsp3) is 0.0769. The number of ether oxygens (including phenoxy) is 1. The Hall–Kier alpha value is -1.38. The van der Waals surface area contributed by atoms with E-state index >= 15 is 0 Å². The van der Waals surface area contributed by atoms with Crippen LogP contribution >= 0.6 is 23.2 Å². The molecule has 1 radical (unpaired) electrons. The summed E-state index contributed by atoms with van der Waals surface area (Å²) in [6.07, 6.45) is 0. The van der Waals surface area contributed by atoms with Crippen molar-refractivity contribution in [1.82, 2.24) is 0 Å². The summed E-state index contributed by atoms with van der Waals surface area (Å²) in [6.45, 7) is 0. The molecule has 1 N–H and O–H groups in total. The molecule has 0 heterocycles. The van der Waals surface area contributed by atoms with Crippen LogP contribution in [-0.2, 0) is 0 Å². The first kappa shape index (κ1) is 12.1. The molecule has 0 fully saturated rings. The lowest BCUT2D eigenvalue weighted by molar-refractivity contribution is 0.416. The molecule has 0 saturated heterocycles. The zero-order valence-electron chi connectivity index (χ0n) is 9.00. The van der Waals surface area contributed by atoms with Crippen molar-refractivity contribution in [3.8, 4) is 22.6 Å². The van der Waals surface area contributed by atoms with Crippen molar-refractivity contribution in [2.75, 3.05) is 7.11 Å². The molecule has 2 aromatic carbocycles. The average Bonchev–Trinajstić information content (AvgIpc) is 2.30. The van der Waals surface area contributed by atoms with Gasteiger partial charge in [0.25, 0.3) is 0 Å². The van der Waals surface area contributed by atoms with Crippen molar-refractivity contribution in [2.24, 2.45) is 0 Å². The van der Waals surface area contributed by atoms with Gasteiger partial charge in [-0.1, -0.05) is 23.2 Å². The molecule has 0 bridgehead atoms. The molecule has 17 heavy (non-hydrogen) atoms. The zero-order chi connectivity index (χ0) is 12.4. The highest BCUT2D eigenvalue weighted by Gasteiger charge is 2.13. The standard InChI is InChI=1S/C13H9Cl2O2/c1-17-12-4-2-3-10(14)13(12)9-6-5-8(16)7-11(9)15/h2,4-7,16H,1H3. The summed E-state index contributed by atoms with van der Waals surface area (Å²) in [4.78, 5) is 0. The van der Waals surface area contributed by atoms with E-state index in [0.717, 1.165) is 0 Å². The molecule has 0 aromatic heterocycles. The van der Waals surface area contributed by atoms with Gasteiger partial charge in [-0.2, -0.15) is 0 Å². The molecule has 4 heteroatoms. The number of hydrogen-bond donors (Lipinski definition) is 1. The first-order valence-corrected chi connectivity index (χ1v) is 5.62. The molecule has 2 nitrogen and oxygen atoms in total. The summed E-state index contributed by atoms with van der Waals surface area (Å²) in [5.74, 6) is 0.718. The van der Waals surface area contributed by atoms with E-state index in [9.17, 15) is 5.11 Å². The molecule has 87 valence electrons. The quantitative estimate of drug-likeness (QED) is 0.885. The lowest BCUT2D eigenvalue weighted by atomic mass is 10.0. The van der Waals surface area contributed by atoms with E-state index < -0.39 is 0 Å². The second kappa shape index (κ2) is 4.86. The van der Waals surface area contributed by atoms with E-state index in [-0.39, 0.29) is 5.75 Å². The molecule has 0 spiro atoms. The van der Waals surface area contributed by atoms with Gasteiger partial charge >= 0.3 is 0 Å². The number of halogens is 2. The summed E-state index contributed by atoms with van der Waals surface area (Å²) < 4.78 is 5.24. The Labute approximate surface area is 109 Å². The first-order valence-electron chi connectivity index (χ1n) is 4.86. The van der Waals surface area contributed by atoms with Gasteiger partial charge in [0, 0.05) is 17.2 Å². The van der Waals surface area contributed by atoms with Crippen LogP contribution in [-0.4, -0.2) is 12.2 Å². The molecule has 2 rings (SSSR count). The van der Waals surface area contributed by atoms with Crippen LogP contribution in [0.15, 0.2) is 30.3 Å². The fourth-order valence-electron chi connectivity index (χ4n) is 1.58. The van der Waals surface area contributed by atoms with E-state index in [1.54, 1.807) is 31.4 Å². The molecule has 0 atom stereocenters. The van der Waals surface area contributed by atoms with Gasteiger partial charge in [-0.25, -0.2) is 0 Å². The maximum absolute atomic E-state index is 9.32. The number of benzene rings is 2. The number of phenols is 1. The molecular weight excluding hydrogens is 259 g/mol. The number of methoxy groups -OCH3 is 1. The van der Waals surface area contributed by atoms with Gasteiger partial charge in [-0.05, 0) is 30.3 Å². The molecule has 0 saturated carbocycles. The molecule has 0 aliphatic heterocycles. The normalized spacial score (nSPS) is 10.3. The second-order valence-electron chi connectivity index (χ2n) is 3.40. The highest BCUT2D eigenvalue weighted by molar-refractivity contribution is 6.36. The Morgan fingerprint density at radius 2 is 2.00 bits per heavy atom. The van der Waals surface area contributed by atoms with Crippen LogP contribution in [0.3, 0.4) is 0 Å². The minimum Gasteiger partial charge on any atom is -0.508 e. The van der Waals surface area contributed by atoms with Crippen molar-refractivity contribution >= 4 is 23.2 Å². The van der Waals surface area contributed by atoms with Crippen LogP contribution in [0.5, 0.6) is 11.5 Å². The van der Waals surface area contributed by atoms with Crippen molar-refractivity contribution in [1.29, 1.82) is 0 Å². The number of phenolic OH excluding ortho intramolecular Hbond substituents is 1. The first-order chi connectivity index (χ1) is 8.13. The summed E-state index contributed by atoms with van der Waals surface area (Å²) in [5, 5.41) is 10.2. The predicted molar refractivity (Wildman–Crippen MR) is 69.0 cm³/mol. The van der Waals surface area contributed by atoms with Gasteiger partial charge in [0.1, 0.15) is 11.5 Å². The minimum absolute atomic E-state index is 0.105. The Morgan fingerprint density at radius 1 is 1.24 bits per heavy atom. The SMILES string of the molecule is COc1cc[c]c(Cl)c1-c1ccc(O)cc1Cl. The monoisotopic (exact) mass is 267 g/mol. The smallest absolute Gasteiger partial charge is 0.128 e. The van der Waals surface area contributed by atoms with Gasteiger partial charge in [0.15, 0.2) is 0 Å². The van der Waals surface area contributed by atoms with E-state index in [1.165, 1.54) is 6.07 Å². The Kier molecular flexibility index (Phi) is 3.46. The molecule has 0 aliphatic carbocycles. The third-order valence-corrected chi connectivity index (χ3v) is 2.96. The molecule has 0 amide bonds. The van der Waals surface area contributed by atoms with Crippen molar-refractivity contribution < 1.29 is 9.84 Å². The summed E-state index contributed by atoms with van der Waals surface area (Å²) in [6, 6.07) is 11.0. The topological polar surface area (TPSA) is 29.5 Å². The van der Waals surface area contributed by atoms with Crippen LogP contribution in [0.4, 0.5) is 0 Å². The molecule has 0 unspecified atom stereocenters. The van der Waals surface area contributed by atoms with Crippen LogP contribution < -0.4 is 4.74 Å². The molecule has 2 aromatic rings. The lowest BCUT2D eigenvalue weighted by Gasteiger charge is -2.11. The highest BCUT2D eigenvalue weighted by Crippen LogP contribution is 2.40. The Bertz CT molecular complexity index is 553. The van der Waals surface area contributed by atoms with Crippen molar-refractivity contribution in [2.45, 2.75) is 0 Å².